The lowest BCUT2D eigenvalue weighted by Crippen LogP contribution is -2.13. The molecule has 0 aromatic carbocycles. The van der Waals surface area contributed by atoms with E-state index in [1.54, 1.807) is 18.0 Å². The smallest absolute Gasteiger partial charge is 0.106 e. The fourth-order valence-corrected chi connectivity index (χ4v) is 4.65. The van der Waals surface area contributed by atoms with Gasteiger partial charge >= 0.3 is 0 Å². The number of hydrogen-bond donors (Lipinski definition) is 0. The van der Waals surface area contributed by atoms with Crippen LogP contribution in [-0.4, -0.2) is 20.7 Å². The summed E-state index contributed by atoms with van der Waals surface area (Å²) in [7, 11) is -0.706. The minimum Gasteiger partial charge on any atom is -0.264 e. The summed E-state index contributed by atoms with van der Waals surface area (Å²) in [6.45, 7) is 0. The van der Waals surface area contributed by atoms with Crippen molar-refractivity contribution in [2.24, 2.45) is 0 Å². The summed E-state index contributed by atoms with van der Waals surface area (Å²) in [4.78, 5) is 4.05. The third kappa shape index (κ3) is 2.11. The van der Waals surface area contributed by atoms with Crippen LogP contribution in [0, 0.1) is 0 Å². The number of aromatic nitrogens is 1. The first-order chi connectivity index (χ1) is 6.38. The molecular formula is C9H11NOS2. The fraction of sp³-hybridized carbons (Fsp3) is 0.444. The molecule has 2 rings (SSSR count). The van der Waals surface area contributed by atoms with Crippen molar-refractivity contribution in [3.63, 3.8) is 0 Å². The van der Waals surface area contributed by atoms with Crippen LogP contribution in [0.3, 0.4) is 0 Å². The molecular weight excluding hydrogens is 202 g/mol. The van der Waals surface area contributed by atoms with E-state index in [0.717, 1.165) is 23.5 Å². The predicted molar refractivity (Wildman–Crippen MR) is 57.1 cm³/mol. The molecule has 0 saturated carbocycles. The Morgan fingerprint density at radius 3 is 3.23 bits per heavy atom. The molecule has 1 aliphatic heterocycles. The maximum absolute atomic E-state index is 11.7. The lowest BCUT2D eigenvalue weighted by Gasteiger charge is -2.20. The lowest BCUT2D eigenvalue weighted by atomic mass is 10.3. The number of rotatable bonds is 1. The third-order valence-corrected chi connectivity index (χ3v) is 5.55. The van der Waals surface area contributed by atoms with Gasteiger partial charge in [-0.05, 0) is 23.8 Å². The first-order valence-corrected chi connectivity index (χ1v) is 6.70. The summed E-state index contributed by atoms with van der Waals surface area (Å²) in [6.07, 6.45) is 4.65. The molecule has 0 aliphatic carbocycles. The van der Waals surface area contributed by atoms with Gasteiger partial charge in [0.25, 0.3) is 0 Å². The minimum atomic E-state index is -0.706. The second-order valence-corrected chi connectivity index (χ2v) is 6.08. The quantitative estimate of drug-likeness (QED) is 0.714. The number of hydrogen-bond acceptors (Lipinski definition) is 3. The molecule has 1 fully saturated rings. The van der Waals surface area contributed by atoms with Crippen LogP contribution in [-0.2, 0) is 10.8 Å². The first kappa shape index (κ1) is 9.21. The van der Waals surface area contributed by atoms with Crippen LogP contribution in [0.1, 0.15) is 16.6 Å². The molecule has 1 saturated heterocycles. The zero-order chi connectivity index (χ0) is 9.10. The molecule has 0 N–H and O–H groups in total. The van der Waals surface area contributed by atoms with Gasteiger partial charge in [0.2, 0.25) is 0 Å². The molecule has 2 heterocycles. The highest BCUT2D eigenvalue weighted by atomic mass is 32.2. The van der Waals surface area contributed by atoms with Gasteiger partial charge in [0.15, 0.2) is 0 Å². The number of thioether (sulfide) groups is 1. The second-order valence-electron chi connectivity index (χ2n) is 2.93. The Morgan fingerprint density at radius 2 is 2.54 bits per heavy atom. The predicted octanol–water partition coefficient (Wildman–Crippen LogP) is 1.97. The molecule has 4 heteroatoms. The minimum absolute atomic E-state index is 0.155. The molecule has 2 nitrogen and oxygen atoms in total. The van der Waals surface area contributed by atoms with E-state index >= 15 is 0 Å². The van der Waals surface area contributed by atoms with E-state index in [-0.39, 0.29) is 4.58 Å². The summed E-state index contributed by atoms with van der Waals surface area (Å²) in [5.74, 6) is 1.96. The van der Waals surface area contributed by atoms with Gasteiger partial charge in [-0.2, -0.15) is 0 Å². The summed E-state index contributed by atoms with van der Waals surface area (Å²) in [5.41, 5.74) is 1.10. The van der Waals surface area contributed by atoms with Gasteiger partial charge < -0.3 is 0 Å². The topological polar surface area (TPSA) is 30.0 Å². The van der Waals surface area contributed by atoms with Crippen molar-refractivity contribution >= 4 is 22.6 Å². The Hall–Kier alpha value is -0.350. The molecule has 0 amide bonds. The summed E-state index contributed by atoms with van der Waals surface area (Å²) >= 11 is 1.78. The molecule has 1 aromatic heterocycles. The van der Waals surface area contributed by atoms with Crippen LogP contribution in [0.25, 0.3) is 0 Å². The van der Waals surface area contributed by atoms with Gasteiger partial charge in [-0.3, -0.25) is 9.19 Å². The Morgan fingerprint density at radius 1 is 1.62 bits per heavy atom. The van der Waals surface area contributed by atoms with Crippen molar-refractivity contribution in [1.29, 1.82) is 0 Å². The Labute approximate surface area is 84.6 Å². The van der Waals surface area contributed by atoms with Crippen LogP contribution in [0.2, 0.25) is 0 Å². The van der Waals surface area contributed by atoms with Gasteiger partial charge in [0.1, 0.15) is 4.58 Å². The van der Waals surface area contributed by atoms with E-state index in [9.17, 15) is 4.21 Å². The molecule has 1 aliphatic rings. The number of nitrogens with zero attached hydrogens (tertiary/aromatic N) is 1. The largest absolute Gasteiger partial charge is 0.264 e. The average molecular weight is 213 g/mol. The van der Waals surface area contributed by atoms with Crippen LogP contribution in [0.15, 0.2) is 24.5 Å². The highest BCUT2D eigenvalue weighted by Crippen LogP contribution is 2.35. The molecule has 0 radical (unpaired) electrons. The molecule has 2 atom stereocenters. The fourth-order valence-electron chi connectivity index (χ4n) is 1.34. The van der Waals surface area contributed by atoms with Crippen LogP contribution in [0.4, 0.5) is 0 Å². The van der Waals surface area contributed by atoms with E-state index in [1.165, 1.54) is 0 Å². The molecule has 0 bridgehead atoms. The standard InChI is InChI=1S/C9H11NOS2/c11-13-6-2-5-12-9(13)8-3-1-4-10-7-8/h1,3-4,7,9H,2,5-6H2/t9-,13-/m0/s1. The summed E-state index contributed by atoms with van der Waals surface area (Å²) < 4.78 is 11.8. The van der Waals surface area contributed by atoms with E-state index in [1.807, 2.05) is 18.3 Å². The lowest BCUT2D eigenvalue weighted by molar-refractivity contribution is 0.679. The van der Waals surface area contributed by atoms with E-state index in [0.29, 0.717) is 0 Å². The first-order valence-electron chi connectivity index (χ1n) is 4.26. The monoisotopic (exact) mass is 213 g/mol. The molecule has 70 valence electrons. The van der Waals surface area contributed by atoms with Crippen molar-refractivity contribution in [2.45, 2.75) is 11.0 Å². The SMILES string of the molecule is O=[S@]1CCCS[C@@H]1c1cccnc1. The maximum atomic E-state index is 11.7. The second kappa shape index (κ2) is 4.24. The average Bonchev–Trinajstić information content (AvgIpc) is 2.20. The van der Waals surface area contributed by atoms with E-state index in [4.69, 9.17) is 0 Å². The van der Waals surface area contributed by atoms with Crippen molar-refractivity contribution in [3.8, 4) is 0 Å². The zero-order valence-corrected chi connectivity index (χ0v) is 8.81. The molecule has 1 aromatic rings. The van der Waals surface area contributed by atoms with Crippen LogP contribution >= 0.6 is 11.8 Å². The van der Waals surface area contributed by atoms with Crippen molar-refractivity contribution in [3.05, 3.63) is 30.1 Å². The van der Waals surface area contributed by atoms with Crippen molar-refractivity contribution in [2.75, 3.05) is 11.5 Å². The Kier molecular flexibility index (Phi) is 3.01. The van der Waals surface area contributed by atoms with Crippen LogP contribution in [0.5, 0.6) is 0 Å². The maximum Gasteiger partial charge on any atom is 0.106 e. The van der Waals surface area contributed by atoms with Gasteiger partial charge in [0, 0.05) is 28.9 Å². The van der Waals surface area contributed by atoms with E-state index < -0.39 is 10.8 Å². The van der Waals surface area contributed by atoms with Gasteiger partial charge in [-0.15, -0.1) is 11.8 Å². The van der Waals surface area contributed by atoms with Gasteiger partial charge in [-0.1, -0.05) is 6.07 Å². The van der Waals surface area contributed by atoms with Crippen molar-refractivity contribution < 1.29 is 4.21 Å². The molecule has 0 unspecified atom stereocenters. The Bertz CT molecular complexity index is 302. The Balaban J connectivity index is 2.20. The van der Waals surface area contributed by atoms with Gasteiger partial charge in [0.05, 0.1) is 0 Å². The van der Waals surface area contributed by atoms with E-state index in [2.05, 4.69) is 4.98 Å². The third-order valence-electron chi connectivity index (χ3n) is 1.95. The summed E-state index contributed by atoms with van der Waals surface area (Å²) in [5, 5.41) is 0. The van der Waals surface area contributed by atoms with Crippen molar-refractivity contribution in [1.82, 2.24) is 4.98 Å². The summed E-state index contributed by atoms with van der Waals surface area (Å²) in [6, 6.07) is 3.91. The van der Waals surface area contributed by atoms with Crippen LogP contribution < -0.4 is 0 Å². The molecule has 13 heavy (non-hydrogen) atoms. The zero-order valence-electron chi connectivity index (χ0n) is 7.18. The molecule has 0 spiro atoms. The number of pyridine rings is 1. The normalized spacial score (nSPS) is 28.6. The highest BCUT2D eigenvalue weighted by Gasteiger charge is 2.22. The highest BCUT2D eigenvalue weighted by molar-refractivity contribution is 8.11. The van der Waals surface area contributed by atoms with Gasteiger partial charge in [-0.25, -0.2) is 0 Å².